The molecule has 8 nitrogen and oxygen atoms in total. The van der Waals surface area contributed by atoms with Gasteiger partial charge < -0.3 is 20.1 Å². The zero-order valence-electron chi connectivity index (χ0n) is 19.9. The Labute approximate surface area is 213 Å². The van der Waals surface area contributed by atoms with Crippen LogP contribution in [0.1, 0.15) is 22.8 Å². The number of halogens is 1. The summed E-state index contributed by atoms with van der Waals surface area (Å²) in [5.41, 5.74) is 2.42. The Kier molecular flexibility index (Phi) is 7.26. The highest BCUT2D eigenvalue weighted by molar-refractivity contribution is 6.53. The molecule has 0 bridgehead atoms. The second kappa shape index (κ2) is 10.5. The number of rotatable bonds is 8. The minimum absolute atomic E-state index is 0.0886. The lowest BCUT2D eigenvalue weighted by Gasteiger charge is -2.18. The summed E-state index contributed by atoms with van der Waals surface area (Å²) in [6.45, 7) is 4.29. The van der Waals surface area contributed by atoms with Gasteiger partial charge in [-0.3, -0.25) is 14.4 Å². The maximum absolute atomic E-state index is 13.2. The van der Waals surface area contributed by atoms with Gasteiger partial charge in [0, 0.05) is 16.9 Å². The number of hydrogen-bond acceptors (Lipinski definition) is 6. The van der Waals surface area contributed by atoms with Crippen molar-refractivity contribution >= 4 is 46.4 Å². The second-order valence-corrected chi connectivity index (χ2v) is 8.31. The molecule has 184 valence electrons. The lowest BCUT2D eigenvalue weighted by Crippen LogP contribution is -2.32. The quantitative estimate of drug-likeness (QED) is 0.414. The van der Waals surface area contributed by atoms with E-state index in [2.05, 4.69) is 10.6 Å². The van der Waals surface area contributed by atoms with Gasteiger partial charge in [-0.2, -0.15) is 0 Å². The number of amides is 3. The Balaban J connectivity index is 1.52. The first-order chi connectivity index (χ1) is 17.3. The van der Waals surface area contributed by atoms with E-state index < -0.39 is 11.8 Å². The number of nitrogens with one attached hydrogen (secondary N) is 2. The first kappa shape index (κ1) is 24.8. The van der Waals surface area contributed by atoms with E-state index in [1.54, 1.807) is 60.7 Å². The Hall–Kier alpha value is -4.30. The fourth-order valence-electron chi connectivity index (χ4n) is 3.69. The van der Waals surface area contributed by atoms with E-state index in [9.17, 15) is 14.4 Å². The highest BCUT2D eigenvalue weighted by atomic mass is 35.5. The topological polar surface area (TPSA) is 97.0 Å². The fraction of sp³-hybridized carbons (Fsp3) is 0.148. The second-order valence-electron chi connectivity index (χ2n) is 7.93. The number of anilines is 3. The summed E-state index contributed by atoms with van der Waals surface area (Å²) in [5, 5.41) is 5.46. The number of hydrogen-bond donors (Lipinski definition) is 2. The molecule has 0 fully saturated rings. The normalized spacial score (nSPS) is 13.2. The van der Waals surface area contributed by atoms with Gasteiger partial charge in [0.25, 0.3) is 17.7 Å². The number of carbonyl (C=O) groups is 3. The van der Waals surface area contributed by atoms with Gasteiger partial charge in [-0.25, -0.2) is 4.90 Å². The first-order valence-corrected chi connectivity index (χ1v) is 11.5. The summed E-state index contributed by atoms with van der Waals surface area (Å²) < 4.78 is 10.7. The average Bonchev–Trinajstić information content (AvgIpc) is 3.08. The minimum atomic E-state index is -0.669. The number of benzene rings is 3. The number of ether oxygens (including phenoxy) is 2. The van der Waals surface area contributed by atoms with Crippen molar-refractivity contribution in [2.75, 3.05) is 29.3 Å². The van der Waals surface area contributed by atoms with Gasteiger partial charge in [0.2, 0.25) is 0 Å². The zero-order valence-corrected chi connectivity index (χ0v) is 20.7. The van der Waals surface area contributed by atoms with Crippen LogP contribution in [0.3, 0.4) is 0 Å². The van der Waals surface area contributed by atoms with Crippen LogP contribution < -0.4 is 25.0 Å². The Morgan fingerprint density at radius 2 is 1.72 bits per heavy atom. The fourth-order valence-corrected chi connectivity index (χ4v) is 3.90. The van der Waals surface area contributed by atoms with Crippen molar-refractivity contribution in [2.45, 2.75) is 13.8 Å². The monoisotopic (exact) mass is 505 g/mol. The van der Waals surface area contributed by atoms with Crippen LogP contribution in [0.2, 0.25) is 0 Å². The molecule has 1 aliphatic heterocycles. The van der Waals surface area contributed by atoms with Gasteiger partial charge in [0.15, 0.2) is 0 Å². The molecule has 4 rings (SSSR count). The molecule has 0 radical (unpaired) electrons. The highest BCUT2D eigenvalue weighted by Gasteiger charge is 2.40. The minimum Gasteiger partial charge on any atom is -0.495 e. The van der Waals surface area contributed by atoms with E-state index in [1.807, 2.05) is 19.9 Å². The molecule has 0 spiro atoms. The molecule has 3 aromatic carbocycles. The smallest absolute Gasteiger partial charge is 0.283 e. The summed E-state index contributed by atoms with van der Waals surface area (Å²) in [7, 11) is 1.46. The van der Waals surface area contributed by atoms with E-state index in [-0.39, 0.29) is 16.6 Å². The number of nitrogens with zero attached hydrogens (tertiary/aromatic N) is 1. The lowest BCUT2D eigenvalue weighted by atomic mass is 10.1. The summed E-state index contributed by atoms with van der Waals surface area (Å²) in [6, 6.07) is 18.7. The molecule has 1 aliphatic rings. The summed E-state index contributed by atoms with van der Waals surface area (Å²) in [6.07, 6.45) is 0. The van der Waals surface area contributed by atoms with Crippen LogP contribution in [-0.4, -0.2) is 31.4 Å². The maximum atomic E-state index is 13.2. The lowest BCUT2D eigenvalue weighted by molar-refractivity contribution is -0.120. The van der Waals surface area contributed by atoms with Crippen molar-refractivity contribution in [2.24, 2.45) is 0 Å². The van der Waals surface area contributed by atoms with Crippen LogP contribution in [0, 0.1) is 6.92 Å². The molecule has 0 aliphatic carbocycles. The van der Waals surface area contributed by atoms with E-state index in [4.69, 9.17) is 21.1 Å². The van der Waals surface area contributed by atoms with Gasteiger partial charge in [-0.05, 0) is 74.0 Å². The SMILES string of the molecule is CCOc1ccc(NC(=O)c2cccc(NC3=C(Cl)C(=O)N(c4cc(C)ccc4OC)C3=O)c2)cc1. The van der Waals surface area contributed by atoms with Gasteiger partial charge >= 0.3 is 0 Å². The highest BCUT2D eigenvalue weighted by Crippen LogP contribution is 2.36. The van der Waals surface area contributed by atoms with Crippen LogP contribution in [-0.2, 0) is 9.59 Å². The Morgan fingerprint density at radius 3 is 2.42 bits per heavy atom. The Bertz CT molecular complexity index is 1370. The van der Waals surface area contributed by atoms with Crippen LogP contribution in [0.5, 0.6) is 11.5 Å². The van der Waals surface area contributed by atoms with E-state index in [0.29, 0.717) is 40.7 Å². The molecular weight excluding hydrogens is 482 g/mol. The van der Waals surface area contributed by atoms with Gasteiger partial charge in [-0.1, -0.05) is 23.7 Å². The first-order valence-electron chi connectivity index (χ1n) is 11.2. The van der Waals surface area contributed by atoms with Crippen LogP contribution >= 0.6 is 11.6 Å². The Morgan fingerprint density at radius 1 is 0.972 bits per heavy atom. The number of carbonyl (C=O) groups excluding carboxylic acids is 3. The molecule has 0 atom stereocenters. The number of aryl methyl sites for hydroxylation is 1. The van der Waals surface area contributed by atoms with Gasteiger partial charge in [0.05, 0.1) is 19.4 Å². The molecule has 2 N–H and O–H groups in total. The molecule has 1 heterocycles. The molecular formula is C27H24ClN3O5. The van der Waals surface area contributed by atoms with Crippen LogP contribution in [0.25, 0.3) is 0 Å². The van der Waals surface area contributed by atoms with Gasteiger partial charge in [-0.15, -0.1) is 0 Å². The zero-order chi connectivity index (χ0) is 25.8. The van der Waals surface area contributed by atoms with Crippen molar-refractivity contribution in [3.05, 3.63) is 88.6 Å². The maximum Gasteiger partial charge on any atom is 0.283 e. The van der Waals surface area contributed by atoms with Crippen molar-refractivity contribution in [3.63, 3.8) is 0 Å². The molecule has 0 saturated heterocycles. The molecule has 0 aromatic heterocycles. The third kappa shape index (κ3) is 5.04. The summed E-state index contributed by atoms with van der Waals surface area (Å²) in [4.78, 5) is 39.8. The van der Waals surface area contributed by atoms with Crippen LogP contribution in [0.15, 0.2) is 77.5 Å². The largest absolute Gasteiger partial charge is 0.495 e. The predicted molar refractivity (Wildman–Crippen MR) is 139 cm³/mol. The van der Waals surface area contributed by atoms with Crippen molar-refractivity contribution < 1.29 is 23.9 Å². The average molecular weight is 506 g/mol. The van der Waals surface area contributed by atoms with E-state index in [0.717, 1.165) is 10.5 Å². The van der Waals surface area contributed by atoms with E-state index >= 15 is 0 Å². The predicted octanol–water partition coefficient (Wildman–Crippen LogP) is 5.09. The molecule has 3 aromatic rings. The standard InChI is InChI=1S/C27H24ClN3O5/c1-4-36-20-11-9-18(10-12-20)30-25(32)17-6-5-7-19(15-17)29-24-23(28)26(33)31(27(24)34)21-14-16(2)8-13-22(21)35-3/h5-15,29H,4H2,1-3H3,(H,30,32). The molecule has 3 amide bonds. The third-order valence-electron chi connectivity index (χ3n) is 5.42. The third-order valence-corrected chi connectivity index (χ3v) is 5.77. The summed E-state index contributed by atoms with van der Waals surface area (Å²) >= 11 is 6.27. The van der Waals surface area contributed by atoms with Crippen molar-refractivity contribution in [3.8, 4) is 11.5 Å². The van der Waals surface area contributed by atoms with Crippen molar-refractivity contribution in [1.82, 2.24) is 0 Å². The number of imide groups is 1. The molecule has 36 heavy (non-hydrogen) atoms. The molecule has 0 unspecified atom stereocenters. The van der Waals surface area contributed by atoms with Gasteiger partial charge in [0.1, 0.15) is 22.2 Å². The van der Waals surface area contributed by atoms with E-state index in [1.165, 1.54) is 7.11 Å². The number of methoxy groups -OCH3 is 1. The molecule has 0 saturated carbocycles. The molecule has 9 heteroatoms. The summed E-state index contributed by atoms with van der Waals surface area (Å²) in [5.74, 6) is -0.570. The van der Waals surface area contributed by atoms with Crippen molar-refractivity contribution in [1.29, 1.82) is 0 Å². The van der Waals surface area contributed by atoms with Crippen LogP contribution in [0.4, 0.5) is 17.1 Å².